The van der Waals surface area contributed by atoms with Crippen molar-refractivity contribution in [1.82, 2.24) is 14.9 Å². The highest BCUT2D eigenvalue weighted by atomic mass is 16.6. The Labute approximate surface area is 112 Å². The number of amides is 1. The Kier molecular flexibility index (Phi) is 3.34. The number of hydrogen-bond acceptors (Lipinski definition) is 5. The molecule has 0 atom stereocenters. The van der Waals surface area contributed by atoms with Crippen molar-refractivity contribution in [1.29, 1.82) is 0 Å². The van der Waals surface area contributed by atoms with E-state index in [1.165, 1.54) is 4.90 Å². The summed E-state index contributed by atoms with van der Waals surface area (Å²) in [7, 11) is 0. The first-order valence-electron chi connectivity index (χ1n) is 6.35. The predicted molar refractivity (Wildman–Crippen MR) is 68.6 cm³/mol. The van der Waals surface area contributed by atoms with Crippen LogP contribution in [0.3, 0.4) is 0 Å². The maximum absolute atomic E-state index is 12.0. The maximum atomic E-state index is 12.0. The van der Waals surface area contributed by atoms with Gasteiger partial charge in [0.15, 0.2) is 0 Å². The number of carbonyl (C=O) groups is 1. The lowest BCUT2D eigenvalue weighted by molar-refractivity contribution is 0.0240. The van der Waals surface area contributed by atoms with Gasteiger partial charge in [0.05, 0.1) is 24.3 Å². The fraction of sp³-hybridized carbons (Fsp3) is 0.615. The number of aryl methyl sites for hydroxylation is 1. The molecule has 104 valence electrons. The van der Waals surface area contributed by atoms with Crippen molar-refractivity contribution in [3.05, 3.63) is 17.1 Å². The molecule has 6 heteroatoms. The van der Waals surface area contributed by atoms with E-state index < -0.39 is 11.7 Å². The molecule has 1 aliphatic rings. The summed E-state index contributed by atoms with van der Waals surface area (Å²) in [5.74, 6) is 0.551. The molecule has 0 aliphatic carbocycles. The van der Waals surface area contributed by atoms with Crippen molar-refractivity contribution in [2.75, 3.05) is 0 Å². The van der Waals surface area contributed by atoms with Crippen LogP contribution in [0, 0.1) is 0 Å². The van der Waals surface area contributed by atoms with Gasteiger partial charge >= 0.3 is 6.09 Å². The van der Waals surface area contributed by atoms with Crippen LogP contribution >= 0.6 is 0 Å². The molecule has 6 nitrogen and oxygen atoms in total. The second-order valence-electron chi connectivity index (χ2n) is 5.58. The number of nitrogens with zero attached hydrogens (tertiary/aromatic N) is 3. The lowest BCUT2D eigenvalue weighted by Gasteiger charge is -2.23. The van der Waals surface area contributed by atoms with Crippen LogP contribution < -0.4 is 0 Å². The van der Waals surface area contributed by atoms with Gasteiger partial charge in [0.1, 0.15) is 11.4 Å². The summed E-state index contributed by atoms with van der Waals surface area (Å²) in [6.07, 6.45) is 0.246. The van der Waals surface area contributed by atoms with E-state index in [1.54, 1.807) is 0 Å². The zero-order valence-corrected chi connectivity index (χ0v) is 11.7. The van der Waals surface area contributed by atoms with Crippen LogP contribution in [0.15, 0.2) is 0 Å². The zero-order chi connectivity index (χ0) is 14.2. The molecule has 2 rings (SSSR count). The van der Waals surface area contributed by atoms with Gasteiger partial charge in [0.2, 0.25) is 5.88 Å². The summed E-state index contributed by atoms with van der Waals surface area (Å²) in [4.78, 5) is 21.8. The van der Waals surface area contributed by atoms with Crippen molar-refractivity contribution in [3.8, 4) is 5.88 Å². The summed E-state index contributed by atoms with van der Waals surface area (Å²) in [5, 5.41) is 9.85. The van der Waals surface area contributed by atoms with Gasteiger partial charge in [-0.25, -0.2) is 9.78 Å². The average molecular weight is 265 g/mol. The highest BCUT2D eigenvalue weighted by Crippen LogP contribution is 2.28. The molecule has 0 saturated heterocycles. The van der Waals surface area contributed by atoms with Crippen molar-refractivity contribution >= 4 is 6.09 Å². The molecule has 1 aliphatic heterocycles. The Morgan fingerprint density at radius 3 is 2.63 bits per heavy atom. The molecule has 0 aromatic carbocycles. The van der Waals surface area contributed by atoms with Crippen molar-refractivity contribution < 1.29 is 14.6 Å². The van der Waals surface area contributed by atoms with E-state index in [1.807, 2.05) is 27.7 Å². The third-order valence-electron chi connectivity index (χ3n) is 2.77. The Morgan fingerprint density at radius 2 is 2.05 bits per heavy atom. The van der Waals surface area contributed by atoms with E-state index in [-0.39, 0.29) is 5.88 Å². The molecule has 0 radical (unpaired) electrons. The SMILES string of the molecule is CCc1nc(O)c2c(n1)CN(C(=O)OC(C)(C)C)C2. The van der Waals surface area contributed by atoms with Crippen LogP contribution in [0.25, 0.3) is 0 Å². The Morgan fingerprint density at radius 1 is 1.37 bits per heavy atom. The third-order valence-corrected chi connectivity index (χ3v) is 2.77. The number of rotatable bonds is 1. The zero-order valence-electron chi connectivity index (χ0n) is 11.7. The van der Waals surface area contributed by atoms with Gasteiger partial charge in [-0.15, -0.1) is 0 Å². The fourth-order valence-corrected chi connectivity index (χ4v) is 1.90. The van der Waals surface area contributed by atoms with E-state index >= 15 is 0 Å². The largest absolute Gasteiger partial charge is 0.493 e. The lowest BCUT2D eigenvalue weighted by Crippen LogP contribution is -2.33. The predicted octanol–water partition coefficient (Wildman–Crippen LogP) is 2.00. The van der Waals surface area contributed by atoms with Gasteiger partial charge in [-0.3, -0.25) is 4.90 Å². The molecule has 1 N–H and O–H groups in total. The number of hydrogen-bond donors (Lipinski definition) is 1. The molecule has 19 heavy (non-hydrogen) atoms. The monoisotopic (exact) mass is 265 g/mol. The molecule has 0 fully saturated rings. The quantitative estimate of drug-likeness (QED) is 0.840. The minimum atomic E-state index is -0.534. The van der Waals surface area contributed by atoms with Gasteiger partial charge < -0.3 is 9.84 Å². The fourth-order valence-electron chi connectivity index (χ4n) is 1.90. The van der Waals surface area contributed by atoms with Crippen molar-refractivity contribution in [3.63, 3.8) is 0 Å². The maximum Gasteiger partial charge on any atom is 0.410 e. The standard InChI is InChI=1S/C13H19N3O3/c1-5-10-14-9-7-16(6-8(9)11(17)15-10)12(18)19-13(2,3)4/h5-7H2,1-4H3,(H,14,15,17). The molecule has 0 unspecified atom stereocenters. The van der Waals surface area contributed by atoms with E-state index in [9.17, 15) is 9.90 Å². The number of fused-ring (bicyclic) bond motifs is 1. The second-order valence-corrected chi connectivity index (χ2v) is 5.58. The molecule has 1 aromatic rings. The summed E-state index contributed by atoms with van der Waals surface area (Å²) in [6.45, 7) is 8.02. The summed E-state index contributed by atoms with van der Waals surface area (Å²) in [5.41, 5.74) is 0.784. The second kappa shape index (κ2) is 4.68. The van der Waals surface area contributed by atoms with Crippen LogP contribution in [0.4, 0.5) is 4.79 Å². The smallest absolute Gasteiger partial charge is 0.410 e. The summed E-state index contributed by atoms with van der Waals surface area (Å²) in [6, 6.07) is 0. The Bertz CT molecular complexity index is 509. The third kappa shape index (κ3) is 2.94. The topological polar surface area (TPSA) is 75.6 Å². The number of aromatic hydroxyl groups is 1. The van der Waals surface area contributed by atoms with Crippen LogP contribution in [0.1, 0.15) is 44.8 Å². The Balaban J connectivity index is 2.16. The van der Waals surface area contributed by atoms with Crippen LogP contribution in [0.2, 0.25) is 0 Å². The van der Waals surface area contributed by atoms with Gasteiger partial charge in [0.25, 0.3) is 0 Å². The minimum Gasteiger partial charge on any atom is -0.493 e. The molecular weight excluding hydrogens is 246 g/mol. The Hall–Kier alpha value is -1.85. The van der Waals surface area contributed by atoms with E-state index in [2.05, 4.69) is 9.97 Å². The summed E-state index contributed by atoms with van der Waals surface area (Å²) < 4.78 is 5.31. The first-order valence-corrected chi connectivity index (χ1v) is 6.35. The van der Waals surface area contributed by atoms with E-state index in [4.69, 9.17) is 4.74 Å². The normalized spacial score (nSPS) is 14.4. The van der Waals surface area contributed by atoms with Gasteiger partial charge in [-0.05, 0) is 20.8 Å². The molecule has 0 bridgehead atoms. The van der Waals surface area contributed by atoms with Crippen molar-refractivity contribution in [2.24, 2.45) is 0 Å². The van der Waals surface area contributed by atoms with E-state index in [0.29, 0.717) is 36.6 Å². The number of aromatic nitrogens is 2. The van der Waals surface area contributed by atoms with Crippen molar-refractivity contribution in [2.45, 2.75) is 52.8 Å². The lowest BCUT2D eigenvalue weighted by atomic mass is 10.2. The number of ether oxygens (including phenoxy) is 1. The van der Waals surface area contributed by atoms with Crippen LogP contribution in [-0.4, -0.2) is 31.7 Å². The van der Waals surface area contributed by atoms with Crippen LogP contribution in [-0.2, 0) is 24.2 Å². The number of carbonyl (C=O) groups excluding carboxylic acids is 1. The minimum absolute atomic E-state index is 0.0343. The highest BCUT2D eigenvalue weighted by molar-refractivity contribution is 5.69. The molecule has 0 saturated carbocycles. The molecule has 1 aromatic heterocycles. The molecular formula is C13H19N3O3. The molecule has 1 amide bonds. The van der Waals surface area contributed by atoms with Gasteiger partial charge in [-0.1, -0.05) is 6.92 Å². The highest BCUT2D eigenvalue weighted by Gasteiger charge is 2.31. The average Bonchev–Trinajstić information content (AvgIpc) is 2.71. The summed E-state index contributed by atoms with van der Waals surface area (Å²) >= 11 is 0. The molecule has 0 spiro atoms. The molecule has 2 heterocycles. The van der Waals surface area contributed by atoms with Crippen LogP contribution in [0.5, 0.6) is 5.88 Å². The van der Waals surface area contributed by atoms with Gasteiger partial charge in [-0.2, -0.15) is 4.98 Å². The first kappa shape index (κ1) is 13.6. The first-order chi connectivity index (χ1) is 8.80. The van der Waals surface area contributed by atoms with Gasteiger partial charge in [0, 0.05) is 6.42 Å². The van der Waals surface area contributed by atoms with E-state index in [0.717, 1.165) is 0 Å².